The minimum Gasteiger partial charge on any atom is -0.466 e. The molecule has 0 spiro atoms. The summed E-state index contributed by atoms with van der Waals surface area (Å²) in [6, 6.07) is 0. The fraction of sp³-hybridized carbons (Fsp3) is 0.818. The van der Waals surface area contributed by atoms with E-state index in [0.717, 1.165) is 51.4 Å². The molecular formula is C22H40O5. The van der Waals surface area contributed by atoms with Gasteiger partial charge in [-0.05, 0) is 32.1 Å². The van der Waals surface area contributed by atoms with E-state index in [1.807, 2.05) is 6.08 Å². The number of allylic oxidation sites excluding steroid dienone is 1. The molecule has 0 aliphatic rings. The second-order valence-corrected chi connectivity index (χ2v) is 6.82. The molecule has 0 saturated carbocycles. The number of hydrogen-bond donors (Lipinski definition) is 0. The largest absolute Gasteiger partial charge is 0.508 e. The molecule has 27 heavy (non-hydrogen) atoms. The predicted molar refractivity (Wildman–Crippen MR) is 109 cm³/mol. The quantitative estimate of drug-likeness (QED) is 0.156. The summed E-state index contributed by atoms with van der Waals surface area (Å²) in [5.41, 5.74) is 0. The zero-order chi connectivity index (χ0) is 20.0. The van der Waals surface area contributed by atoms with E-state index in [4.69, 9.17) is 14.2 Å². The molecule has 0 bridgehead atoms. The van der Waals surface area contributed by atoms with Crippen LogP contribution in [-0.2, 0) is 19.0 Å². The van der Waals surface area contributed by atoms with Crippen LogP contribution in [-0.4, -0.2) is 31.9 Å². The van der Waals surface area contributed by atoms with Gasteiger partial charge in [-0.1, -0.05) is 70.9 Å². The van der Waals surface area contributed by atoms with Crippen LogP contribution >= 0.6 is 0 Å². The third-order valence-electron chi connectivity index (χ3n) is 4.19. The number of hydrogen-bond acceptors (Lipinski definition) is 5. The standard InChI is InChI=1S/C22H40O5/c1-3-5-7-8-9-11-15-19-26-22(24)27-20-16-13-10-12-14-18-25-21(23)17-6-4-2/h11,15H,3-10,12-14,16-20H2,1-2H3/b15-11+. The van der Waals surface area contributed by atoms with Gasteiger partial charge in [0.1, 0.15) is 6.61 Å². The van der Waals surface area contributed by atoms with Crippen LogP contribution in [0.3, 0.4) is 0 Å². The Morgan fingerprint density at radius 1 is 0.667 bits per heavy atom. The van der Waals surface area contributed by atoms with Crippen LogP contribution in [0.2, 0.25) is 0 Å². The van der Waals surface area contributed by atoms with Crippen LogP contribution in [0.25, 0.3) is 0 Å². The summed E-state index contributed by atoms with van der Waals surface area (Å²) in [7, 11) is 0. The number of ether oxygens (including phenoxy) is 3. The molecule has 158 valence electrons. The highest BCUT2D eigenvalue weighted by atomic mass is 16.7. The molecule has 0 aliphatic heterocycles. The van der Waals surface area contributed by atoms with Gasteiger partial charge in [0.2, 0.25) is 0 Å². The van der Waals surface area contributed by atoms with Crippen molar-refractivity contribution < 1.29 is 23.8 Å². The van der Waals surface area contributed by atoms with Gasteiger partial charge in [-0.15, -0.1) is 0 Å². The number of esters is 1. The smallest absolute Gasteiger partial charge is 0.466 e. The minimum absolute atomic E-state index is 0.0879. The average molecular weight is 385 g/mol. The second-order valence-electron chi connectivity index (χ2n) is 6.82. The van der Waals surface area contributed by atoms with Crippen LogP contribution in [0, 0.1) is 0 Å². The Labute approximate surface area is 165 Å². The highest BCUT2D eigenvalue weighted by Crippen LogP contribution is 2.05. The molecule has 0 atom stereocenters. The van der Waals surface area contributed by atoms with Gasteiger partial charge < -0.3 is 14.2 Å². The van der Waals surface area contributed by atoms with Gasteiger partial charge in [0.05, 0.1) is 13.2 Å². The fourth-order valence-electron chi connectivity index (χ4n) is 2.50. The van der Waals surface area contributed by atoms with E-state index < -0.39 is 6.16 Å². The van der Waals surface area contributed by atoms with Crippen molar-refractivity contribution in [1.29, 1.82) is 0 Å². The first-order valence-corrected chi connectivity index (χ1v) is 10.8. The summed E-state index contributed by atoms with van der Waals surface area (Å²) in [5.74, 6) is -0.0879. The first-order chi connectivity index (χ1) is 13.2. The third kappa shape index (κ3) is 20.6. The van der Waals surface area contributed by atoms with Gasteiger partial charge in [0.25, 0.3) is 0 Å². The van der Waals surface area contributed by atoms with Crippen molar-refractivity contribution >= 4 is 12.1 Å². The van der Waals surface area contributed by atoms with Gasteiger partial charge in [0, 0.05) is 6.42 Å². The maximum absolute atomic E-state index is 11.4. The fourth-order valence-corrected chi connectivity index (χ4v) is 2.50. The van der Waals surface area contributed by atoms with Crippen molar-refractivity contribution in [2.45, 2.75) is 97.3 Å². The number of carbonyl (C=O) groups is 2. The van der Waals surface area contributed by atoms with Crippen molar-refractivity contribution in [3.63, 3.8) is 0 Å². The average Bonchev–Trinajstić information content (AvgIpc) is 2.67. The molecule has 0 heterocycles. The summed E-state index contributed by atoms with van der Waals surface area (Å²) >= 11 is 0. The van der Waals surface area contributed by atoms with Crippen LogP contribution in [0.4, 0.5) is 4.79 Å². The molecule has 0 fully saturated rings. The van der Waals surface area contributed by atoms with E-state index in [1.165, 1.54) is 25.7 Å². The van der Waals surface area contributed by atoms with Gasteiger partial charge in [-0.2, -0.15) is 0 Å². The Hall–Kier alpha value is -1.52. The second kappa shape index (κ2) is 20.8. The van der Waals surface area contributed by atoms with E-state index in [0.29, 0.717) is 19.6 Å². The van der Waals surface area contributed by atoms with Crippen LogP contribution in [0.5, 0.6) is 0 Å². The molecule has 0 radical (unpaired) electrons. The minimum atomic E-state index is -0.593. The maximum atomic E-state index is 11.4. The van der Waals surface area contributed by atoms with Crippen molar-refractivity contribution in [1.82, 2.24) is 0 Å². The lowest BCUT2D eigenvalue weighted by atomic mass is 10.1. The zero-order valence-corrected chi connectivity index (χ0v) is 17.5. The van der Waals surface area contributed by atoms with Crippen molar-refractivity contribution in [2.24, 2.45) is 0 Å². The summed E-state index contributed by atoms with van der Waals surface area (Å²) in [4.78, 5) is 22.7. The third-order valence-corrected chi connectivity index (χ3v) is 4.19. The lowest BCUT2D eigenvalue weighted by Crippen LogP contribution is -2.08. The number of unbranched alkanes of at least 4 members (excludes halogenated alkanes) is 9. The summed E-state index contributed by atoms with van der Waals surface area (Å²) in [5, 5.41) is 0. The van der Waals surface area contributed by atoms with Crippen LogP contribution in [0.15, 0.2) is 12.2 Å². The van der Waals surface area contributed by atoms with Crippen molar-refractivity contribution in [3.05, 3.63) is 12.2 Å². The van der Waals surface area contributed by atoms with Crippen molar-refractivity contribution in [2.75, 3.05) is 19.8 Å². The highest BCUT2D eigenvalue weighted by molar-refractivity contribution is 5.69. The number of carbonyl (C=O) groups excluding carboxylic acids is 2. The molecule has 5 heteroatoms. The Kier molecular flexibility index (Phi) is 19.6. The summed E-state index contributed by atoms with van der Waals surface area (Å²) in [6.07, 6.45) is 16.6. The highest BCUT2D eigenvalue weighted by Gasteiger charge is 2.03. The molecule has 0 aliphatic carbocycles. The first kappa shape index (κ1) is 25.5. The molecule has 0 aromatic carbocycles. The Bertz CT molecular complexity index is 379. The first-order valence-electron chi connectivity index (χ1n) is 10.8. The Balaban J connectivity index is 3.29. The van der Waals surface area contributed by atoms with Crippen LogP contribution in [0.1, 0.15) is 97.3 Å². The predicted octanol–water partition coefficient (Wildman–Crippen LogP) is 6.35. The lowest BCUT2D eigenvalue weighted by molar-refractivity contribution is -0.143. The summed E-state index contributed by atoms with van der Waals surface area (Å²) in [6.45, 7) is 5.45. The van der Waals surface area contributed by atoms with E-state index >= 15 is 0 Å². The molecule has 0 aromatic rings. The van der Waals surface area contributed by atoms with Crippen molar-refractivity contribution in [3.8, 4) is 0 Å². The topological polar surface area (TPSA) is 61.8 Å². The van der Waals surface area contributed by atoms with E-state index in [2.05, 4.69) is 19.9 Å². The molecule has 0 saturated heterocycles. The van der Waals surface area contributed by atoms with Gasteiger partial charge in [-0.25, -0.2) is 4.79 Å². The molecule has 0 amide bonds. The Morgan fingerprint density at radius 2 is 1.30 bits per heavy atom. The summed E-state index contributed by atoms with van der Waals surface area (Å²) < 4.78 is 15.2. The zero-order valence-electron chi connectivity index (χ0n) is 17.5. The molecule has 0 unspecified atom stereocenters. The normalized spacial score (nSPS) is 10.9. The van der Waals surface area contributed by atoms with E-state index in [9.17, 15) is 9.59 Å². The molecule has 0 aromatic heterocycles. The van der Waals surface area contributed by atoms with Gasteiger partial charge in [-0.3, -0.25) is 4.79 Å². The van der Waals surface area contributed by atoms with E-state index in [-0.39, 0.29) is 12.6 Å². The monoisotopic (exact) mass is 384 g/mol. The SMILES string of the molecule is CCCCCC/C=C/COC(=O)OCCCCCCCOC(=O)CCCC. The lowest BCUT2D eigenvalue weighted by Gasteiger charge is -2.05. The maximum Gasteiger partial charge on any atom is 0.508 e. The number of rotatable bonds is 18. The van der Waals surface area contributed by atoms with E-state index in [1.54, 1.807) is 0 Å². The molecular weight excluding hydrogens is 344 g/mol. The van der Waals surface area contributed by atoms with Gasteiger partial charge in [0.15, 0.2) is 0 Å². The molecule has 0 N–H and O–H groups in total. The van der Waals surface area contributed by atoms with Gasteiger partial charge >= 0.3 is 12.1 Å². The Morgan fingerprint density at radius 3 is 2.00 bits per heavy atom. The molecule has 0 rings (SSSR count). The van der Waals surface area contributed by atoms with Crippen LogP contribution < -0.4 is 0 Å². The molecule has 5 nitrogen and oxygen atoms in total.